The maximum atomic E-state index is 12.0. The normalized spacial score (nSPS) is 10.1. The minimum absolute atomic E-state index is 0.0599. The van der Waals surface area contributed by atoms with Crippen molar-refractivity contribution in [2.75, 3.05) is 6.54 Å². The molecule has 0 aliphatic carbocycles. The van der Waals surface area contributed by atoms with Gasteiger partial charge in [0.1, 0.15) is 12.4 Å². The van der Waals surface area contributed by atoms with Gasteiger partial charge in [-0.05, 0) is 30.7 Å². The third-order valence-corrected chi connectivity index (χ3v) is 3.04. The van der Waals surface area contributed by atoms with Crippen molar-refractivity contribution in [2.24, 2.45) is 0 Å². The zero-order chi connectivity index (χ0) is 14.9. The van der Waals surface area contributed by atoms with Gasteiger partial charge >= 0.3 is 0 Å². The van der Waals surface area contributed by atoms with Crippen LogP contribution in [0, 0.1) is 0 Å². The second kappa shape index (κ2) is 8.04. The Labute approximate surface area is 125 Å². The molecule has 0 fully saturated rings. The summed E-state index contributed by atoms with van der Waals surface area (Å²) in [5, 5.41) is 2.90. The molecule has 110 valence electrons. The number of nitrogens with one attached hydrogen (secondary N) is 1. The molecule has 0 radical (unpaired) electrons. The molecule has 0 spiro atoms. The Balaban J connectivity index is 1.92. The Hall–Kier alpha value is -2.36. The number of unbranched alkanes of at least 4 members (excludes halogenated alkanes) is 1. The number of benzene rings is 1. The molecule has 1 amide bonds. The van der Waals surface area contributed by atoms with E-state index in [2.05, 4.69) is 17.2 Å². The molecule has 0 atom stereocenters. The van der Waals surface area contributed by atoms with Crippen LogP contribution in [0.3, 0.4) is 0 Å². The molecule has 1 N–H and O–H groups in total. The first kappa shape index (κ1) is 15.0. The zero-order valence-corrected chi connectivity index (χ0v) is 12.2. The number of pyridine rings is 1. The van der Waals surface area contributed by atoms with Crippen molar-refractivity contribution in [2.45, 2.75) is 26.4 Å². The first-order valence-electron chi connectivity index (χ1n) is 7.19. The quantitative estimate of drug-likeness (QED) is 0.794. The smallest absolute Gasteiger partial charge is 0.251 e. The summed E-state index contributed by atoms with van der Waals surface area (Å²) < 4.78 is 5.69. The van der Waals surface area contributed by atoms with Crippen molar-refractivity contribution in [1.82, 2.24) is 10.3 Å². The van der Waals surface area contributed by atoms with Gasteiger partial charge in [0, 0.05) is 30.1 Å². The molecule has 4 heteroatoms. The molecule has 0 bridgehead atoms. The summed E-state index contributed by atoms with van der Waals surface area (Å²) in [6, 6.07) is 11.0. The SMILES string of the molecule is CCCCNC(=O)c1cccc(OCc2cccnc2)c1. The Bertz CT molecular complexity index is 570. The summed E-state index contributed by atoms with van der Waals surface area (Å²) in [4.78, 5) is 16.0. The number of rotatable bonds is 7. The number of nitrogens with zero attached hydrogens (tertiary/aromatic N) is 1. The summed E-state index contributed by atoms with van der Waals surface area (Å²) in [7, 11) is 0. The largest absolute Gasteiger partial charge is 0.489 e. The van der Waals surface area contributed by atoms with Crippen LogP contribution in [0.4, 0.5) is 0 Å². The molecule has 1 heterocycles. The van der Waals surface area contributed by atoms with Gasteiger partial charge in [0.05, 0.1) is 0 Å². The summed E-state index contributed by atoms with van der Waals surface area (Å²) in [6.07, 6.45) is 5.55. The van der Waals surface area contributed by atoms with Gasteiger partial charge in [-0.1, -0.05) is 25.5 Å². The highest BCUT2D eigenvalue weighted by Crippen LogP contribution is 2.15. The molecule has 4 nitrogen and oxygen atoms in total. The van der Waals surface area contributed by atoms with Crippen molar-refractivity contribution in [3.63, 3.8) is 0 Å². The van der Waals surface area contributed by atoms with Crippen LogP contribution in [0.15, 0.2) is 48.8 Å². The van der Waals surface area contributed by atoms with Gasteiger partial charge < -0.3 is 10.1 Å². The lowest BCUT2D eigenvalue weighted by Crippen LogP contribution is -2.24. The lowest BCUT2D eigenvalue weighted by atomic mass is 10.2. The highest BCUT2D eigenvalue weighted by atomic mass is 16.5. The molecule has 0 unspecified atom stereocenters. The first-order valence-corrected chi connectivity index (χ1v) is 7.19. The molecular weight excluding hydrogens is 264 g/mol. The third-order valence-electron chi connectivity index (χ3n) is 3.04. The summed E-state index contributed by atoms with van der Waals surface area (Å²) >= 11 is 0. The molecule has 2 aromatic rings. The van der Waals surface area contributed by atoms with Crippen molar-refractivity contribution < 1.29 is 9.53 Å². The van der Waals surface area contributed by atoms with E-state index in [-0.39, 0.29) is 5.91 Å². The van der Waals surface area contributed by atoms with Crippen LogP contribution < -0.4 is 10.1 Å². The molecule has 2 rings (SSSR count). The Morgan fingerprint density at radius 3 is 2.95 bits per heavy atom. The highest BCUT2D eigenvalue weighted by Gasteiger charge is 2.06. The Morgan fingerprint density at radius 2 is 2.19 bits per heavy atom. The molecule has 1 aromatic heterocycles. The highest BCUT2D eigenvalue weighted by molar-refractivity contribution is 5.94. The van der Waals surface area contributed by atoms with Crippen LogP contribution in [0.2, 0.25) is 0 Å². The van der Waals surface area contributed by atoms with Gasteiger partial charge in [0.25, 0.3) is 5.91 Å². The Kier molecular flexibility index (Phi) is 5.76. The summed E-state index contributed by atoms with van der Waals surface area (Å²) in [5.41, 5.74) is 1.62. The monoisotopic (exact) mass is 284 g/mol. The van der Waals surface area contributed by atoms with E-state index in [0.717, 1.165) is 18.4 Å². The number of carbonyl (C=O) groups excluding carboxylic acids is 1. The minimum atomic E-state index is -0.0599. The molecule has 0 aliphatic heterocycles. The number of aromatic nitrogens is 1. The average Bonchev–Trinajstić information content (AvgIpc) is 2.54. The van der Waals surface area contributed by atoms with E-state index in [9.17, 15) is 4.79 Å². The van der Waals surface area contributed by atoms with E-state index in [4.69, 9.17) is 4.74 Å². The van der Waals surface area contributed by atoms with Crippen molar-refractivity contribution in [3.8, 4) is 5.75 Å². The van der Waals surface area contributed by atoms with Gasteiger partial charge in [-0.25, -0.2) is 0 Å². The van der Waals surface area contributed by atoms with Crippen LogP contribution in [-0.2, 0) is 6.61 Å². The molecule has 1 aromatic carbocycles. The van der Waals surface area contributed by atoms with Crippen LogP contribution in [0.25, 0.3) is 0 Å². The summed E-state index contributed by atoms with van der Waals surface area (Å²) in [6.45, 7) is 3.24. The van der Waals surface area contributed by atoms with Gasteiger partial charge in [0.15, 0.2) is 0 Å². The standard InChI is InChI=1S/C17H20N2O2/c1-2-3-10-19-17(20)15-7-4-8-16(11-15)21-13-14-6-5-9-18-12-14/h4-9,11-12H,2-3,10,13H2,1H3,(H,19,20). The fourth-order valence-corrected chi connectivity index (χ4v) is 1.86. The van der Waals surface area contributed by atoms with E-state index in [1.165, 1.54) is 0 Å². The first-order chi connectivity index (χ1) is 10.3. The second-order valence-corrected chi connectivity index (χ2v) is 4.79. The molecule has 0 aliphatic rings. The second-order valence-electron chi connectivity index (χ2n) is 4.79. The zero-order valence-electron chi connectivity index (χ0n) is 12.2. The summed E-state index contributed by atoms with van der Waals surface area (Å²) in [5.74, 6) is 0.622. The Morgan fingerprint density at radius 1 is 1.29 bits per heavy atom. The number of hydrogen-bond donors (Lipinski definition) is 1. The topological polar surface area (TPSA) is 51.2 Å². The van der Waals surface area contributed by atoms with Crippen molar-refractivity contribution >= 4 is 5.91 Å². The van der Waals surface area contributed by atoms with E-state index in [1.807, 2.05) is 24.3 Å². The fourth-order valence-electron chi connectivity index (χ4n) is 1.86. The lowest BCUT2D eigenvalue weighted by molar-refractivity contribution is 0.0952. The molecular formula is C17H20N2O2. The van der Waals surface area contributed by atoms with Gasteiger partial charge in [-0.3, -0.25) is 9.78 Å². The van der Waals surface area contributed by atoms with Gasteiger partial charge in [0.2, 0.25) is 0 Å². The van der Waals surface area contributed by atoms with Crippen molar-refractivity contribution in [1.29, 1.82) is 0 Å². The van der Waals surface area contributed by atoms with E-state index >= 15 is 0 Å². The molecule has 0 saturated carbocycles. The van der Waals surface area contributed by atoms with Crippen LogP contribution in [0.5, 0.6) is 5.75 Å². The molecule has 0 saturated heterocycles. The minimum Gasteiger partial charge on any atom is -0.489 e. The van der Waals surface area contributed by atoms with E-state index in [1.54, 1.807) is 24.5 Å². The van der Waals surface area contributed by atoms with Gasteiger partial charge in [-0.2, -0.15) is 0 Å². The number of hydrogen-bond acceptors (Lipinski definition) is 3. The maximum Gasteiger partial charge on any atom is 0.251 e. The predicted octanol–water partition coefficient (Wildman–Crippen LogP) is 3.19. The van der Waals surface area contributed by atoms with Crippen LogP contribution in [-0.4, -0.2) is 17.4 Å². The van der Waals surface area contributed by atoms with Crippen LogP contribution in [0.1, 0.15) is 35.7 Å². The maximum absolute atomic E-state index is 12.0. The number of amides is 1. The van der Waals surface area contributed by atoms with E-state index in [0.29, 0.717) is 24.5 Å². The molecule has 21 heavy (non-hydrogen) atoms. The van der Waals surface area contributed by atoms with Crippen LogP contribution >= 0.6 is 0 Å². The number of carbonyl (C=O) groups is 1. The lowest BCUT2D eigenvalue weighted by Gasteiger charge is -2.08. The predicted molar refractivity (Wildman–Crippen MR) is 82.3 cm³/mol. The fraction of sp³-hybridized carbons (Fsp3) is 0.294. The average molecular weight is 284 g/mol. The third kappa shape index (κ3) is 4.91. The number of ether oxygens (including phenoxy) is 1. The van der Waals surface area contributed by atoms with E-state index < -0.39 is 0 Å². The van der Waals surface area contributed by atoms with Gasteiger partial charge in [-0.15, -0.1) is 0 Å². The van der Waals surface area contributed by atoms with Crippen molar-refractivity contribution in [3.05, 3.63) is 59.9 Å².